The summed E-state index contributed by atoms with van der Waals surface area (Å²) < 4.78 is 40.0. The van der Waals surface area contributed by atoms with Gasteiger partial charge in [-0.15, -0.1) is 0 Å². The van der Waals surface area contributed by atoms with Gasteiger partial charge in [-0.25, -0.2) is 4.85 Å². The van der Waals surface area contributed by atoms with E-state index in [1.165, 1.54) is 31.2 Å². The summed E-state index contributed by atoms with van der Waals surface area (Å²) in [5, 5.41) is 11.8. The number of nitrogens with one attached hydrogen (secondary N) is 1. The average Bonchev–Trinajstić information content (AvgIpc) is 2.83. The van der Waals surface area contributed by atoms with Gasteiger partial charge in [0.1, 0.15) is 5.92 Å². The SMILES string of the molecule is [C-]#[N+]C1=C(C)N(c2cccc(C(F)(F)F)c2)C(=O)C(C(=O)NCCCC)C1c1ccc(C#N)cc1. The van der Waals surface area contributed by atoms with Gasteiger partial charge in [0, 0.05) is 23.8 Å². The van der Waals surface area contributed by atoms with Crippen molar-refractivity contribution >= 4 is 17.5 Å². The van der Waals surface area contributed by atoms with Crippen LogP contribution in [0.25, 0.3) is 4.85 Å². The van der Waals surface area contributed by atoms with Gasteiger partial charge in [-0.05, 0) is 49.2 Å². The molecule has 0 aliphatic carbocycles. The lowest BCUT2D eigenvalue weighted by Crippen LogP contribution is -2.49. The number of carbonyl (C=O) groups excluding carboxylic acids is 2. The minimum Gasteiger partial charge on any atom is -0.355 e. The highest BCUT2D eigenvalue weighted by atomic mass is 19.4. The monoisotopic (exact) mass is 480 g/mol. The van der Waals surface area contributed by atoms with E-state index in [0.717, 1.165) is 23.5 Å². The second kappa shape index (κ2) is 10.4. The molecule has 3 rings (SSSR count). The van der Waals surface area contributed by atoms with Crippen LogP contribution in [0, 0.1) is 23.8 Å². The van der Waals surface area contributed by atoms with Gasteiger partial charge in [0.25, 0.3) is 0 Å². The van der Waals surface area contributed by atoms with Crippen LogP contribution in [0.4, 0.5) is 18.9 Å². The number of nitrogens with zero attached hydrogens (tertiary/aromatic N) is 3. The van der Waals surface area contributed by atoms with Crippen LogP contribution < -0.4 is 10.2 Å². The molecule has 35 heavy (non-hydrogen) atoms. The molecule has 1 N–H and O–H groups in total. The van der Waals surface area contributed by atoms with Crippen LogP contribution in [0.2, 0.25) is 0 Å². The Morgan fingerprint density at radius 3 is 2.49 bits per heavy atom. The first-order chi connectivity index (χ1) is 16.6. The fourth-order valence-corrected chi connectivity index (χ4v) is 4.11. The summed E-state index contributed by atoms with van der Waals surface area (Å²) >= 11 is 0. The summed E-state index contributed by atoms with van der Waals surface area (Å²) in [6.45, 7) is 11.5. The Kier molecular flexibility index (Phi) is 7.61. The smallest absolute Gasteiger partial charge is 0.355 e. The van der Waals surface area contributed by atoms with Crippen molar-refractivity contribution in [2.45, 2.75) is 38.8 Å². The number of nitriles is 1. The maximum absolute atomic E-state index is 13.7. The molecule has 0 radical (unpaired) electrons. The number of halogens is 3. The average molecular weight is 480 g/mol. The number of carbonyl (C=O) groups is 2. The molecule has 0 spiro atoms. The van der Waals surface area contributed by atoms with E-state index in [-0.39, 0.29) is 17.1 Å². The first kappa shape index (κ1) is 25.5. The molecule has 2 amide bonds. The van der Waals surface area contributed by atoms with Crippen LogP contribution >= 0.6 is 0 Å². The lowest BCUT2D eigenvalue weighted by Gasteiger charge is -2.38. The Bertz CT molecular complexity index is 1240. The Morgan fingerprint density at radius 2 is 1.91 bits per heavy atom. The van der Waals surface area contributed by atoms with Crippen molar-refractivity contribution in [3.8, 4) is 6.07 Å². The summed E-state index contributed by atoms with van der Waals surface area (Å²) in [6.07, 6.45) is -3.15. The minimum atomic E-state index is -4.63. The van der Waals surface area contributed by atoms with Crippen LogP contribution in [-0.4, -0.2) is 18.4 Å². The maximum atomic E-state index is 13.7. The van der Waals surface area contributed by atoms with E-state index in [0.29, 0.717) is 24.1 Å². The highest BCUT2D eigenvalue weighted by molar-refractivity contribution is 6.11. The van der Waals surface area contributed by atoms with E-state index in [4.69, 9.17) is 11.8 Å². The Morgan fingerprint density at radius 1 is 1.23 bits per heavy atom. The van der Waals surface area contributed by atoms with Crippen molar-refractivity contribution in [2.24, 2.45) is 5.92 Å². The summed E-state index contributed by atoms with van der Waals surface area (Å²) in [5.74, 6) is -3.65. The van der Waals surface area contributed by atoms with Gasteiger partial charge in [0.15, 0.2) is 5.70 Å². The number of benzene rings is 2. The number of hydrogen-bond donors (Lipinski definition) is 1. The van der Waals surface area contributed by atoms with Gasteiger partial charge < -0.3 is 5.32 Å². The third kappa shape index (κ3) is 5.20. The zero-order valence-corrected chi connectivity index (χ0v) is 19.2. The fourth-order valence-electron chi connectivity index (χ4n) is 4.11. The second-order valence-corrected chi connectivity index (χ2v) is 8.14. The zero-order valence-electron chi connectivity index (χ0n) is 19.2. The molecule has 0 saturated heterocycles. The first-order valence-corrected chi connectivity index (χ1v) is 11.0. The normalized spacial score (nSPS) is 18.1. The summed E-state index contributed by atoms with van der Waals surface area (Å²) in [7, 11) is 0. The molecule has 1 aliphatic rings. The quantitative estimate of drug-likeness (QED) is 0.342. The van der Waals surface area contributed by atoms with Gasteiger partial charge >= 0.3 is 6.18 Å². The van der Waals surface area contributed by atoms with Gasteiger partial charge in [-0.1, -0.05) is 31.5 Å². The topological polar surface area (TPSA) is 77.6 Å². The minimum absolute atomic E-state index is 0.0716. The van der Waals surface area contributed by atoms with Crippen LogP contribution in [-0.2, 0) is 15.8 Å². The van der Waals surface area contributed by atoms with E-state index >= 15 is 0 Å². The molecule has 9 heteroatoms. The van der Waals surface area contributed by atoms with Crippen LogP contribution in [0.1, 0.15) is 49.3 Å². The first-order valence-electron chi connectivity index (χ1n) is 11.0. The maximum Gasteiger partial charge on any atom is 0.416 e. The van der Waals surface area contributed by atoms with Crippen molar-refractivity contribution in [1.82, 2.24) is 5.32 Å². The zero-order chi connectivity index (χ0) is 25.8. The van der Waals surface area contributed by atoms with Crippen LogP contribution in [0.15, 0.2) is 59.9 Å². The van der Waals surface area contributed by atoms with Crippen molar-refractivity contribution in [3.63, 3.8) is 0 Å². The molecule has 2 atom stereocenters. The molecule has 0 bridgehead atoms. The number of allylic oxidation sites excluding steroid dienone is 2. The van der Waals surface area contributed by atoms with Gasteiger partial charge in [-0.3, -0.25) is 14.5 Å². The van der Waals surface area contributed by atoms with E-state index in [1.807, 2.05) is 13.0 Å². The molecule has 2 aromatic rings. The molecular formula is C26H23F3N4O2. The number of hydrogen-bond acceptors (Lipinski definition) is 3. The Labute approximate surface area is 201 Å². The van der Waals surface area contributed by atoms with Crippen molar-refractivity contribution in [1.29, 1.82) is 5.26 Å². The predicted molar refractivity (Wildman–Crippen MR) is 124 cm³/mol. The van der Waals surface area contributed by atoms with E-state index in [2.05, 4.69) is 10.2 Å². The number of rotatable bonds is 6. The Hall–Kier alpha value is -4.11. The van der Waals surface area contributed by atoms with Crippen LogP contribution in [0.3, 0.4) is 0 Å². The molecule has 180 valence electrons. The standard InChI is InChI=1S/C26H23F3N4O2/c1-4-5-13-32-24(34)22-21(18-11-9-17(15-30)10-12-18)23(31-3)16(2)33(25(22)35)20-8-6-7-19(14-20)26(27,28)29/h6-12,14,21-22H,4-5,13H2,1-2H3,(H,32,34). The molecule has 2 aromatic carbocycles. The number of anilines is 1. The van der Waals surface area contributed by atoms with Crippen LogP contribution in [0.5, 0.6) is 0 Å². The second-order valence-electron chi connectivity index (χ2n) is 8.14. The molecular weight excluding hydrogens is 457 g/mol. The van der Waals surface area contributed by atoms with E-state index in [1.54, 1.807) is 12.1 Å². The lowest BCUT2D eigenvalue weighted by molar-refractivity contribution is -0.138. The third-order valence-corrected chi connectivity index (χ3v) is 5.88. The van der Waals surface area contributed by atoms with E-state index in [9.17, 15) is 22.8 Å². The summed E-state index contributed by atoms with van der Waals surface area (Å²) in [5.41, 5.74) is 0.0578. The highest BCUT2D eigenvalue weighted by Crippen LogP contribution is 2.43. The van der Waals surface area contributed by atoms with Gasteiger partial charge in [0.05, 0.1) is 23.8 Å². The van der Waals surface area contributed by atoms with Crippen molar-refractivity contribution in [3.05, 3.63) is 88.0 Å². The highest BCUT2D eigenvalue weighted by Gasteiger charge is 2.47. The summed E-state index contributed by atoms with van der Waals surface area (Å²) in [4.78, 5) is 31.6. The number of unbranched alkanes of at least 4 members (excludes halogenated alkanes) is 1. The van der Waals surface area contributed by atoms with Gasteiger partial charge in [0.2, 0.25) is 11.8 Å². The third-order valence-electron chi connectivity index (χ3n) is 5.88. The number of amides is 2. The molecule has 0 saturated carbocycles. The van der Waals surface area contributed by atoms with Crippen molar-refractivity contribution < 1.29 is 22.8 Å². The largest absolute Gasteiger partial charge is 0.416 e. The van der Waals surface area contributed by atoms with Crippen molar-refractivity contribution in [2.75, 3.05) is 11.4 Å². The molecule has 6 nitrogen and oxygen atoms in total. The lowest BCUT2D eigenvalue weighted by atomic mass is 9.78. The number of alkyl halides is 3. The molecule has 2 unspecified atom stereocenters. The Balaban J connectivity index is 2.18. The van der Waals surface area contributed by atoms with E-state index < -0.39 is 35.4 Å². The molecule has 1 aliphatic heterocycles. The summed E-state index contributed by atoms with van der Waals surface area (Å²) in [6, 6.07) is 12.5. The molecule has 1 heterocycles. The van der Waals surface area contributed by atoms with Gasteiger partial charge in [-0.2, -0.15) is 18.4 Å². The molecule has 0 aromatic heterocycles. The molecule has 0 fully saturated rings. The predicted octanol–water partition coefficient (Wildman–Crippen LogP) is 5.39. The fraction of sp³-hybridized carbons (Fsp3) is 0.308.